The lowest BCUT2D eigenvalue weighted by atomic mass is 9.92. The minimum absolute atomic E-state index is 0.0891. The number of fused-ring (bicyclic) bond motifs is 1. The van der Waals surface area contributed by atoms with Crippen LogP contribution in [0.15, 0.2) is 0 Å². The zero-order chi connectivity index (χ0) is 8.77. The topological polar surface area (TPSA) is 38.7 Å². The van der Waals surface area contributed by atoms with Gasteiger partial charge in [-0.1, -0.05) is 0 Å². The largest absolute Gasteiger partial charge is 0.390 e. The van der Waals surface area contributed by atoms with Crippen molar-refractivity contribution in [3.8, 4) is 0 Å². The maximum atomic E-state index is 9.61. The molecule has 1 saturated heterocycles. The third-order valence-electron chi connectivity index (χ3n) is 2.59. The lowest BCUT2D eigenvalue weighted by Crippen LogP contribution is -2.38. The fourth-order valence-electron chi connectivity index (χ4n) is 2.10. The smallest absolute Gasteiger partial charge is 0.163 e. The Morgan fingerprint density at radius 1 is 1.25 bits per heavy atom. The van der Waals surface area contributed by atoms with E-state index in [0.717, 1.165) is 19.3 Å². The molecule has 0 amide bonds. The second-order valence-electron chi connectivity index (χ2n) is 4.14. The number of aliphatic hydroxyl groups excluding tert-OH is 1. The molecule has 3 heteroatoms. The zero-order valence-electron chi connectivity index (χ0n) is 7.62. The van der Waals surface area contributed by atoms with Crippen molar-refractivity contribution in [1.29, 1.82) is 0 Å². The van der Waals surface area contributed by atoms with Gasteiger partial charge in [-0.25, -0.2) is 0 Å². The Balaban J connectivity index is 2.09. The summed E-state index contributed by atoms with van der Waals surface area (Å²) < 4.78 is 11.2. The molecule has 2 rings (SSSR count). The first-order valence-corrected chi connectivity index (χ1v) is 4.62. The van der Waals surface area contributed by atoms with Crippen LogP contribution in [0.4, 0.5) is 0 Å². The van der Waals surface area contributed by atoms with Gasteiger partial charge in [-0.05, 0) is 33.1 Å². The van der Waals surface area contributed by atoms with E-state index in [2.05, 4.69) is 0 Å². The number of hydrogen-bond acceptors (Lipinski definition) is 3. The predicted molar refractivity (Wildman–Crippen MR) is 43.7 cm³/mol. The van der Waals surface area contributed by atoms with Gasteiger partial charge in [-0.15, -0.1) is 0 Å². The average molecular weight is 172 g/mol. The quantitative estimate of drug-likeness (QED) is 0.593. The molecule has 1 aliphatic carbocycles. The Bertz CT molecular complexity index is 179. The van der Waals surface area contributed by atoms with E-state index in [9.17, 15) is 5.11 Å². The van der Waals surface area contributed by atoms with E-state index in [-0.39, 0.29) is 18.3 Å². The molecule has 0 bridgehead atoms. The van der Waals surface area contributed by atoms with Crippen molar-refractivity contribution in [3.63, 3.8) is 0 Å². The maximum Gasteiger partial charge on any atom is 0.163 e. The molecule has 3 nitrogen and oxygen atoms in total. The van der Waals surface area contributed by atoms with E-state index in [4.69, 9.17) is 9.47 Å². The molecule has 0 radical (unpaired) electrons. The van der Waals surface area contributed by atoms with Crippen LogP contribution >= 0.6 is 0 Å². The molecule has 0 spiro atoms. The van der Waals surface area contributed by atoms with Gasteiger partial charge >= 0.3 is 0 Å². The van der Waals surface area contributed by atoms with Gasteiger partial charge in [0.1, 0.15) is 6.10 Å². The van der Waals surface area contributed by atoms with Crippen LogP contribution in [0, 0.1) is 0 Å². The van der Waals surface area contributed by atoms with Gasteiger partial charge in [0.25, 0.3) is 0 Å². The first-order chi connectivity index (χ1) is 5.58. The minimum atomic E-state index is -0.499. The van der Waals surface area contributed by atoms with Gasteiger partial charge in [-0.2, -0.15) is 0 Å². The van der Waals surface area contributed by atoms with Crippen LogP contribution in [0.1, 0.15) is 33.1 Å². The van der Waals surface area contributed by atoms with Gasteiger partial charge in [0.2, 0.25) is 0 Å². The lowest BCUT2D eigenvalue weighted by Gasteiger charge is -2.26. The van der Waals surface area contributed by atoms with Crippen LogP contribution in [0.3, 0.4) is 0 Å². The fourth-order valence-corrected chi connectivity index (χ4v) is 2.10. The molecular formula is C9H16O3. The summed E-state index contributed by atoms with van der Waals surface area (Å²) in [5.74, 6) is -0.499. The zero-order valence-corrected chi connectivity index (χ0v) is 7.62. The van der Waals surface area contributed by atoms with E-state index in [1.807, 2.05) is 13.8 Å². The molecule has 0 aromatic heterocycles. The van der Waals surface area contributed by atoms with E-state index in [0.29, 0.717) is 0 Å². The van der Waals surface area contributed by atoms with Crippen molar-refractivity contribution < 1.29 is 14.6 Å². The van der Waals surface area contributed by atoms with E-state index >= 15 is 0 Å². The average Bonchev–Trinajstić information content (AvgIpc) is 2.25. The van der Waals surface area contributed by atoms with Crippen molar-refractivity contribution in [2.75, 3.05) is 0 Å². The summed E-state index contributed by atoms with van der Waals surface area (Å²) in [5, 5.41) is 9.61. The highest BCUT2D eigenvalue weighted by Gasteiger charge is 2.46. The van der Waals surface area contributed by atoms with E-state index in [1.54, 1.807) is 0 Å². The van der Waals surface area contributed by atoms with Gasteiger partial charge < -0.3 is 14.6 Å². The molecule has 1 N–H and O–H groups in total. The van der Waals surface area contributed by atoms with Crippen LogP contribution in [0.5, 0.6) is 0 Å². The highest BCUT2D eigenvalue weighted by molar-refractivity contribution is 4.89. The Morgan fingerprint density at radius 2 is 2.00 bits per heavy atom. The SMILES string of the molecule is CC1(C)O[C@H]2[C@@H](O)CCC[C@H]2O1. The minimum Gasteiger partial charge on any atom is -0.390 e. The predicted octanol–water partition coefficient (Wildman–Crippen LogP) is 1.05. The number of hydrogen-bond donors (Lipinski definition) is 1. The molecule has 1 saturated carbocycles. The third kappa shape index (κ3) is 1.37. The molecule has 70 valence electrons. The molecule has 1 heterocycles. The number of ether oxygens (including phenoxy) is 2. The molecule has 12 heavy (non-hydrogen) atoms. The van der Waals surface area contributed by atoms with Crippen molar-refractivity contribution in [2.24, 2.45) is 0 Å². The fraction of sp³-hybridized carbons (Fsp3) is 1.00. The summed E-state index contributed by atoms with van der Waals surface area (Å²) in [4.78, 5) is 0. The molecule has 0 aromatic carbocycles. The second-order valence-corrected chi connectivity index (χ2v) is 4.14. The van der Waals surface area contributed by atoms with Crippen LogP contribution in [-0.2, 0) is 9.47 Å². The van der Waals surface area contributed by atoms with Crippen LogP contribution in [0.2, 0.25) is 0 Å². The Labute approximate surface area is 72.7 Å². The van der Waals surface area contributed by atoms with Crippen LogP contribution in [-0.4, -0.2) is 29.2 Å². The van der Waals surface area contributed by atoms with Crippen LogP contribution < -0.4 is 0 Å². The normalized spacial score (nSPS) is 45.8. The summed E-state index contributed by atoms with van der Waals surface area (Å²) in [6.07, 6.45) is 2.61. The number of aliphatic hydroxyl groups is 1. The van der Waals surface area contributed by atoms with Gasteiger partial charge in [0, 0.05) is 0 Å². The van der Waals surface area contributed by atoms with Crippen molar-refractivity contribution in [1.82, 2.24) is 0 Å². The molecular weight excluding hydrogens is 156 g/mol. The van der Waals surface area contributed by atoms with Gasteiger partial charge in [0.15, 0.2) is 5.79 Å². The Kier molecular flexibility index (Phi) is 1.90. The number of rotatable bonds is 0. The summed E-state index contributed by atoms with van der Waals surface area (Å²) >= 11 is 0. The molecule has 0 unspecified atom stereocenters. The van der Waals surface area contributed by atoms with Gasteiger partial charge in [0.05, 0.1) is 12.2 Å². The summed E-state index contributed by atoms with van der Waals surface area (Å²) in [6.45, 7) is 3.80. The first kappa shape index (κ1) is 8.48. The molecule has 3 atom stereocenters. The summed E-state index contributed by atoms with van der Waals surface area (Å²) in [7, 11) is 0. The van der Waals surface area contributed by atoms with Crippen molar-refractivity contribution >= 4 is 0 Å². The maximum absolute atomic E-state index is 9.61. The standard InChI is InChI=1S/C9H16O3/c1-9(2)11-7-5-3-4-6(10)8(7)12-9/h6-8,10H,3-5H2,1-2H3/t6-,7+,8-/m0/s1. The molecule has 2 aliphatic rings. The molecule has 2 fully saturated rings. The van der Waals surface area contributed by atoms with E-state index < -0.39 is 5.79 Å². The van der Waals surface area contributed by atoms with Crippen molar-refractivity contribution in [2.45, 2.75) is 57.2 Å². The third-order valence-corrected chi connectivity index (χ3v) is 2.59. The van der Waals surface area contributed by atoms with E-state index in [1.165, 1.54) is 0 Å². The first-order valence-electron chi connectivity index (χ1n) is 4.62. The van der Waals surface area contributed by atoms with Crippen LogP contribution in [0.25, 0.3) is 0 Å². The summed E-state index contributed by atoms with van der Waals surface area (Å²) in [6, 6.07) is 0. The monoisotopic (exact) mass is 172 g/mol. The molecule has 0 aromatic rings. The summed E-state index contributed by atoms with van der Waals surface area (Å²) in [5.41, 5.74) is 0. The van der Waals surface area contributed by atoms with Gasteiger partial charge in [-0.3, -0.25) is 0 Å². The highest BCUT2D eigenvalue weighted by atomic mass is 16.8. The lowest BCUT2D eigenvalue weighted by molar-refractivity contribution is -0.153. The second kappa shape index (κ2) is 2.69. The van der Waals surface area contributed by atoms with Crippen molar-refractivity contribution in [3.05, 3.63) is 0 Å². The Morgan fingerprint density at radius 3 is 2.67 bits per heavy atom. The highest BCUT2D eigenvalue weighted by Crippen LogP contribution is 2.36. The Hall–Kier alpha value is -0.120. The molecule has 1 aliphatic heterocycles.